The number of rotatable bonds is 27. The minimum atomic E-state index is -4.92. The molecular weight excluding hydrogens is 1200 g/mol. The van der Waals surface area contributed by atoms with Crippen molar-refractivity contribution in [2.75, 3.05) is 0 Å². The largest absolute Gasteiger partial charge is 0.491 e. The molecule has 0 aliphatic rings. The Morgan fingerprint density at radius 1 is 0.402 bits per heavy atom. The van der Waals surface area contributed by atoms with Crippen molar-refractivity contribution >= 4 is 37.6 Å². The quantitative estimate of drug-likeness (QED) is 0.0365. The molecule has 92 heavy (non-hydrogen) atoms. The van der Waals surface area contributed by atoms with Gasteiger partial charge in [-0.1, -0.05) is 165 Å². The van der Waals surface area contributed by atoms with Gasteiger partial charge in [-0.2, -0.15) is 16.8 Å². The fourth-order valence-electron chi connectivity index (χ4n) is 12.3. The van der Waals surface area contributed by atoms with Gasteiger partial charge in [0.15, 0.2) is 17.3 Å². The van der Waals surface area contributed by atoms with Gasteiger partial charge in [0.05, 0.1) is 11.0 Å². The molecule has 0 saturated heterocycles. The van der Waals surface area contributed by atoms with Gasteiger partial charge in [-0.15, -0.1) is 0 Å². The maximum Gasteiger partial charge on any atom is 0.298 e. The van der Waals surface area contributed by atoms with Crippen molar-refractivity contribution in [1.82, 2.24) is 0 Å². The van der Waals surface area contributed by atoms with Gasteiger partial charge in [-0.05, 0) is 176 Å². The van der Waals surface area contributed by atoms with E-state index in [1.807, 2.05) is 84.9 Å². The molecule has 9 aromatic rings. The summed E-state index contributed by atoms with van der Waals surface area (Å²) in [6.07, 6.45) is 4.02. The van der Waals surface area contributed by atoms with Crippen LogP contribution in [-0.4, -0.2) is 55.0 Å². The SMILES string of the molecule is CCC(C)Oc1ccc(C(C)(C)c2ccc(Oc3ccc(C(=O)c4cccc(C(=O)c5ccc(C(CC)(CC)C(CC)(CC)Oc6ccc(C(C)(C)c7ccc(Oc8ccc(C(=O)c9cccc(S(=O)(=O)O)c9)cc8S(=O)(=O)O)cc7)cc6)cc5)c4)cc3)cc2)cc1. The highest BCUT2D eigenvalue weighted by atomic mass is 32.2. The third-order valence-electron chi connectivity index (χ3n) is 18.3. The zero-order valence-electron chi connectivity index (χ0n) is 53.5. The Hall–Kier alpha value is -8.99. The smallest absolute Gasteiger partial charge is 0.298 e. The van der Waals surface area contributed by atoms with E-state index in [0.29, 0.717) is 52.3 Å². The van der Waals surface area contributed by atoms with Crippen LogP contribution in [0, 0.1) is 0 Å². The summed E-state index contributed by atoms with van der Waals surface area (Å²) in [5, 5.41) is 0. The number of ketones is 3. The predicted molar refractivity (Wildman–Crippen MR) is 359 cm³/mol. The first-order valence-electron chi connectivity index (χ1n) is 31.0. The van der Waals surface area contributed by atoms with Gasteiger partial charge in [-0.3, -0.25) is 23.5 Å². The first-order chi connectivity index (χ1) is 43.7. The molecule has 0 aliphatic heterocycles. The lowest BCUT2D eigenvalue weighted by molar-refractivity contribution is -0.0283. The second-order valence-electron chi connectivity index (χ2n) is 24.3. The second-order valence-corrected chi connectivity index (χ2v) is 27.1. The number of ether oxygens (including phenoxy) is 4. The Morgan fingerprint density at radius 3 is 1.21 bits per heavy atom. The molecule has 15 heteroatoms. The van der Waals surface area contributed by atoms with Crippen LogP contribution >= 0.6 is 0 Å². The fourth-order valence-corrected chi connectivity index (χ4v) is 13.5. The predicted octanol–water partition coefficient (Wildman–Crippen LogP) is 18.0. The van der Waals surface area contributed by atoms with Gasteiger partial charge in [0.2, 0.25) is 0 Å². The standard InChI is InChI=1S/C77H78O13S2/c1-11-51(6)87-63-39-29-58(30-40-63)74(7,8)59-31-41-65(42-32-59)88-64-37-24-53(25-38-64)72(79)55-19-16-18-54(48-55)71(78)52-22-27-62(28-23-52)76(12-2,13-3)77(14-4,15-5)90-67-45-35-61(36-46-67)75(9,10)60-33-43-66(44-34-60)89-69-47-26-57(50-70(69)92(84,85)86)73(80)56-20-17-21-68(49-56)91(81,82)83/h16-51H,11-15H2,1-10H3,(H,81,82,83)(H,84,85,86). The molecule has 13 nitrogen and oxygen atoms in total. The fraction of sp³-hybridized carbons (Fsp3) is 0.260. The van der Waals surface area contributed by atoms with Crippen molar-refractivity contribution < 1.29 is 59.3 Å². The number of hydrogen-bond acceptors (Lipinski definition) is 11. The van der Waals surface area contributed by atoms with E-state index < -0.39 is 52.2 Å². The Labute approximate surface area is 540 Å². The number of hydrogen-bond donors (Lipinski definition) is 2. The van der Waals surface area contributed by atoms with Gasteiger partial charge < -0.3 is 18.9 Å². The van der Waals surface area contributed by atoms with Crippen LogP contribution in [0.25, 0.3) is 0 Å². The van der Waals surface area contributed by atoms with Crippen LogP contribution in [0.5, 0.6) is 34.5 Å². The zero-order valence-corrected chi connectivity index (χ0v) is 55.2. The van der Waals surface area contributed by atoms with Gasteiger partial charge in [0, 0.05) is 49.6 Å². The van der Waals surface area contributed by atoms with Crippen LogP contribution in [0.2, 0.25) is 0 Å². The van der Waals surface area contributed by atoms with E-state index in [-0.39, 0.29) is 45.7 Å². The minimum Gasteiger partial charge on any atom is -0.491 e. The molecule has 9 aromatic carbocycles. The zero-order chi connectivity index (χ0) is 66.4. The van der Waals surface area contributed by atoms with Crippen LogP contribution < -0.4 is 18.9 Å². The molecule has 0 amide bonds. The van der Waals surface area contributed by atoms with E-state index in [2.05, 4.69) is 93.5 Å². The molecule has 0 saturated carbocycles. The van der Waals surface area contributed by atoms with Gasteiger partial charge in [0.1, 0.15) is 45.0 Å². The maximum atomic E-state index is 14.2. The summed E-state index contributed by atoms with van der Waals surface area (Å²) in [5.41, 5.74) is 4.84. The highest BCUT2D eigenvalue weighted by molar-refractivity contribution is 7.86. The Kier molecular flexibility index (Phi) is 20.1. The average molecular weight is 1280 g/mol. The Bertz CT molecular complexity index is 4340. The maximum absolute atomic E-state index is 14.2. The molecule has 476 valence electrons. The molecule has 0 aliphatic carbocycles. The summed E-state index contributed by atoms with van der Waals surface area (Å²) < 4.78 is 93.6. The number of carbonyl (C=O) groups is 3. The topological polar surface area (TPSA) is 197 Å². The first kappa shape index (κ1) is 67.4. The number of benzene rings is 9. The van der Waals surface area contributed by atoms with E-state index in [4.69, 9.17) is 18.9 Å². The highest BCUT2D eigenvalue weighted by Crippen LogP contribution is 2.49. The van der Waals surface area contributed by atoms with E-state index in [1.165, 1.54) is 29.8 Å². The van der Waals surface area contributed by atoms with Crippen LogP contribution in [-0.2, 0) is 36.5 Å². The van der Waals surface area contributed by atoms with Crippen LogP contribution in [0.3, 0.4) is 0 Å². The lowest BCUT2D eigenvalue weighted by Gasteiger charge is -2.50. The summed E-state index contributed by atoms with van der Waals surface area (Å²) in [7, 11) is -9.54. The Balaban J connectivity index is 0.839. The van der Waals surface area contributed by atoms with Crippen molar-refractivity contribution in [2.24, 2.45) is 0 Å². The monoisotopic (exact) mass is 1270 g/mol. The lowest BCUT2D eigenvalue weighted by atomic mass is 9.61. The third-order valence-corrected chi connectivity index (χ3v) is 20.0. The van der Waals surface area contributed by atoms with Crippen molar-refractivity contribution in [3.63, 3.8) is 0 Å². The van der Waals surface area contributed by atoms with E-state index in [9.17, 15) is 40.3 Å². The molecule has 0 bridgehead atoms. The van der Waals surface area contributed by atoms with Gasteiger partial charge in [-0.25, -0.2) is 0 Å². The second kappa shape index (κ2) is 27.5. The highest BCUT2D eigenvalue weighted by Gasteiger charge is 2.50. The van der Waals surface area contributed by atoms with Crippen LogP contribution in [0.15, 0.2) is 222 Å². The summed E-state index contributed by atoms with van der Waals surface area (Å²) in [5.74, 6) is 1.65. The summed E-state index contributed by atoms with van der Waals surface area (Å²) in [6, 6.07) is 61.2. The van der Waals surface area contributed by atoms with E-state index in [0.717, 1.165) is 65.5 Å². The molecule has 0 spiro atoms. The molecule has 1 atom stereocenters. The van der Waals surface area contributed by atoms with E-state index in [1.54, 1.807) is 60.7 Å². The van der Waals surface area contributed by atoms with E-state index >= 15 is 0 Å². The average Bonchev–Trinajstić information content (AvgIpc) is 0.758. The molecule has 9 rings (SSSR count). The first-order valence-corrected chi connectivity index (χ1v) is 33.8. The molecule has 0 aromatic heterocycles. The van der Waals surface area contributed by atoms with Gasteiger partial charge in [0.25, 0.3) is 20.2 Å². The van der Waals surface area contributed by atoms with Crippen molar-refractivity contribution in [3.05, 3.63) is 274 Å². The number of carbonyl (C=O) groups excluding carboxylic acids is 3. The molecule has 0 radical (unpaired) electrons. The third kappa shape index (κ3) is 14.4. The molecule has 1 unspecified atom stereocenters. The van der Waals surface area contributed by atoms with Crippen molar-refractivity contribution in [3.8, 4) is 34.5 Å². The Morgan fingerprint density at radius 2 is 0.772 bits per heavy atom. The van der Waals surface area contributed by atoms with Crippen molar-refractivity contribution in [2.45, 2.75) is 139 Å². The molecule has 0 heterocycles. The minimum absolute atomic E-state index is 0.135. The van der Waals surface area contributed by atoms with Crippen LogP contribution in [0.4, 0.5) is 0 Å². The molecule has 2 N–H and O–H groups in total. The van der Waals surface area contributed by atoms with Crippen LogP contribution in [0.1, 0.15) is 177 Å². The summed E-state index contributed by atoms with van der Waals surface area (Å²) in [6.45, 7) is 21.4. The van der Waals surface area contributed by atoms with Gasteiger partial charge >= 0.3 is 0 Å². The molecular formula is C77H78O13S2. The normalized spacial score (nSPS) is 12.6. The van der Waals surface area contributed by atoms with Crippen molar-refractivity contribution in [1.29, 1.82) is 0 Å². The lowest BCUT2D eigenvalue weighted by Crippen LogP contribution is -2.54. The summed E-state index contributed by atoms with van der Waals surface area (Å²) >= 11 is 0. The summed E-state index contributed by atoms with van der Waals surface area (Å²) in [4.78, 5) is 40.3. The molecule has 0 fully saturated rings.